The van der Waals surface area contributed by atoms with E-state index in [-0.39, 0.29) is 5.91 Å². The molecule has 1 aliphatic carbocycles. The fourth-order valence-electron chi connectivity index (χ4n) is 3.50. The summed E-state index contributed by atoms with van der Waals surface area (Å²) in [6, 6.07) is 19.0. The molecule has 0 saturated heterocycles. The van der Waals surface area contributed by atoms with Crippen LogP contribution in [0.3, 0.4) is 0 Å². The third kappa shape index (κ3) is 4.41. The number of hydrazone groups is 1. The smallest absolute Gasteiger partial charge is 0.291 e. The van der Waals surface area contributed by atoms with Crippen LogP contribution in [0.15, 0.2) is 70.2 Å². The lowest BCUT2D eigenvalue weighted by atomic mass is 9.93. The summed E-state index contributed by atoms with van der Waals surface area (Å²) < 4.78 is 5.93. The predicted molar refractivity (Wildman–Crippen MR) is 123 cm³/mol. The van der Waals surface area contributed by atoms with E-state index < -0.39 is 0 Å². The molecule has 0 radical (unpaired) electrons. The molecular weight excluding hydrogens is 396 g/mol. The number of carbonyl (C=O) groups excluding carboxylic acids is 1. The number of benzene rings is 2. The van der Waals surface area contributed by atoms with E-state index in [0.29, 0.717) is 10.9 Å². The number of anilines is 2. The number of furan rings is 1. The van der Waals surface area contributed by atoms with Crippen LogP contribution in [0, 0.1) is 6.92 Å². The Hall–Kier alpha value is -3.45. The topological polar surface area (TPSA) is 78.7 Å². The van der Waals surface area contributed by atoms with E-state index in [0.717, 1.165) is 53.2 Å². The summed E-state index contributed by atoms with van der Waals surface area (Å²) in [4.78, 5) is 12.7. The van der Waals surface area contributed by atoms with E-state index >= 15 is 0 Å². The molecule has 1 aliphatic rings. The summed E-state index contributed by atoms with van der Waals surface area (Å²) in [5.74, 6) is 0.851. The zero-order chi connectivity index (χ0) is 20.9. The third-order valence-electron chi connectivity index (χ3n) is 4.89. The molecular formula is C23H22N4O2S. The van der Waals surface area contributed by atoms with Crippen LogP contribution in [0.2, 0.25) is 0 Å². The lowest BCUT2D eigenvalue weighted by molar-refractivity contribution is 0.0994. The summed E-state index contributed by atoms with van der Waals surface area (Å²) in [7, 11) is 0. The SMILES string of the molecule is Cc1c(C(=O)Nc2ccccc2)oc2c1/C(=N/NC(=S)Nc1ccccc1)CCC2. The zero-order valence-electron chi connectivity index (χ0n) is 16.6. The molecule has 0 fully saturated rings. The minimum absolute atomic E-state index is 0.262. The average Bonchev–Trinajstić information content (AvgIpc) is 3.11. The highest BCUT2D eigenvalue weighted by Crippen LogP contribution is 2.30. The van der Waals surface area contributed by atoms with Crippen molar-refractivity contribution < 1.29 is 9.21 Å². The standard InChI is InChI=1S/C23H22N4O2S/c1-15-20-18(26-27-23(30)25-17-11-6-3-7-12-17)13-8-14-19(20)29-21(15)22(28)24-16-9-4-2-5-10-16/h2-7,9-12H,8,13-14H2,1H3,(H,24,28)(H2,25,27,30)/b26-18+. The first-order valence-corrected chi connectivity index (χ1v) is 10.2. The molecule has 0 unspecified atom stereocenters. The van der Waals surface area contributed by atoms with Crippen LogP contribution < -0.4 is 16.1 Å². The van der Waals surface area contributed by atoms with E-state index in [1.807, 2.05) is 67.6 Å². The van der Waals surface area contributed by atoms with Gasteiger partial charge in [-0.15, -0.1) is 0 Å². The lowest BCUT2D eigenvalue weighted by Gasteiger charge is -2.14. The molecule has 7 heteroatoms. The number of fused-ring (bicyclic) bond motifs is 1. The summed E-state index contributed by atoms with van der Waals surface area (Å²) in [5, 5.41) is 10.9. The Morgan fingerprint density at radius 1 is 0.967 bits per heavy atom. The number of amides is 1. The number of carbonyl (C=O) groups is 1. The van der Waals surface area contributed by atoms with Crippen molar-refractivity contribution in [3.05, 3.63) is 83.3 Å². The third-order valence-corrected chi connectivity index (χ3v) is 5.08. The van der Waals surface area contributed by atoms with E-state index in [4.69, 9.17) is 16.6 Å². The van der Waals surface area contributed by atoms with Gasteiger partial charge in [-0.3, -0.25) is 10.2 Å². The fraction of sp³-hybridized carbons (Fsp3) is 0.174. The van der Waals surface area contributed by atoms with Crippen molar-refractivity contribution in [2.45, 2.75) is 26.2 Å². The van der Waals surface area contributed by atoms with Gasteiger partial charge in [0.05, 0.1) is 5.71 Å². The molecule has 0 saturated carbocycles. The summed E-state index contributed by atoms with van der Waals surface area (Å²) in [6.45, 7) is 1.89. The molecule has 30 heavy (non-hydrogen) atoms. The molecule has 0 aliphatic heterocycles. The molecule has 0 spiro atoms. The van der Waals surface area contributed by atoms with Crippen molar-refractivity contribution in [3.8, 4) is 0 Å². The van der Waals surface area contributed by atoms with Gasteiger partial charge in [-0.2, -0.15) is 5.10 Å². The van der Waals surface area contributed by atoms with Crippen molar-refractivity contribution >= 4 is 40.3 Å². The molecule has 1 aromatic heterocycles. The van der Waals surface area contributed by atoms with Crippen molar-refractivity contribution in [1.82, 2.24) is 5.43 Å². The molecule has 4 rings (SSSR count). The van der Waals surface area contributed by atoms with Gasteiger partial charge in [0.25, 0.3) is 5.91 Å². The number of rotatable bonds is 4. The molecule has 0 bridgehead atoms. The highest BCUT2D eigenvalue weighted by Gasteiger charge is 2.28. The Morgan fingerprint density at radius 3 is 2.27 bits per heavy atom. The normalized spacial score (nSPS) is 14.1. The highest BCUT2D eigenvalue weighted by atomic mass is 32.1. The summed E-state index contributed by atoms with van der Waals surface area (Å²) in [5.41, 5.74) is 7.06. The Kier molecular flexibility index (Phi) is 5.90. The van der Waals surface area contributed by atoms with Crippen LogP contribution in [0.1, 0.15) is 40.3 Å². The first kappa shape index (κ1) is 19.8. The number of hydrogen-bond donors (Lipinski definition) is 3. The van der Waals surface area contributed by atoms with E-state index in [1.165, 1.54) is 0 Å². The fourth-order valence-corrected chi connectivity index (χ4v) is 3.67. The zero-order valence-corrected chi connectivity index (χ0v) is 17.4. The van der Waals surface area contributed by atoms with Crippen LogP contribution in [-0.4, -0.2) is 16.7 Å². The van der Waals surface area contributed by atoms with Crippen LogP contribution >= 0.6 is 12.2 Å². The van der Waals surface area contributed by atoms with Gasteiger partial charge in [0, 0.05) is 28.9 Å². The van der Waals surface area contributed by atoms with Crippen molar-refractivity contribution in [2.75, 3.05) is 10.6 Å². The summed E-state index contributed by atoms with van der Waals surface area (Å²) >= 11 is 5.34. The number of nitrogens with zero attached hydrogens (tertiary/aromatic N) is 1. The van der Waals surface area contributed by atoms with Crippen molar-refractivity contribution in [3.63, 3.8) is 0 Å². The first-order chi connectivity index (χ1) is 14.6. The minimum atomic E-state index is -0.262. The lowest BCUT2D eigenvalue weighted by Crippen LogP contribution is -2.26. The maximum atomic E-state index is 12.7. The number of thiocarbonyl (C=S) groups is 1. The summed E-state index contributed by atoms with van der Waals surface area (Å²) in [6.07, 6.45) is 2.47. The van der Waals surface area contributed by atoms with Crippen LogP contribution in [-0.2, 0) is 6.42 Å². The Bertz CT molecular complexity index is 1090. The van der Waals surface area contributed by atoms with Crippen molar-refractivity contribution in [1.29, 1.82) is 0 Å². The maximum absolute atomic E-state index is 12.7. The quantitative estimate of drug-likeness (QED) is 0.416. The first-order valence-electron chi connectivity index (χ1n) is 9.79. The molecule has 6 nitrogen and oxygen atoms in total. The van der Waals surface area contributed by atoms with Gasteiger partial charge in [-0.1, -0.05) is 36.4 Å². The Morgan fingerprint density at radius 2 is 1.60 bits per heavy atom. The van der Waals surface area contributed by atoms with Crippen LogP contribution in [0.25, 0.3) is 0 Å². The number of aryl methyl sites for hydroxylation is 1. The van der Waals surface area contributed by atoms with Gasteiger partial charge in [0.2, 0.25) is 0 Å². The van der Waals surface area contributed by atoms with Crippen molar-refractivity contribution in [2.24, 2.45) is 5.10 Å². The average molecular weight is 419 g/mol. The van der Waals surface area contributed by atoms with E-state index in [9.17, 15) is 4.79 Å². The van der Waals surface area contributed by atoms with Crippen LogP contribution in [0.5, 0.6) is 0 Å². The molecule has 152 valence electrons. The van der Waals surface area contributed by atoms with Gasteiger partial charge in [0.15, 0.2) is 10.9 Å². The minimum Gasteiger partial charge on any atom is -0.455 e. The van der Waals surface area contributed by atoms with Crippen LogP contribution in [0.4, 0.5) is 11.4 Å². The van der Waals surface area contributed by atoms with E-state index in [1.54, 1.807) is 0 Å². The molecule has 3 aromatic rings. The second-order valence-electron chi connectivity index (χ2n) is 7.02. The number of hydrogen-bond acceptors (Lipinski definition) is 4. The second kappa shape index (κ2) is 8.92. The largest absolute Gasteiger partial charge is 0.455 e. The second-order valence-corrected chi connectivity index (χ2v) is 7.43. The van der Waals surface area contributed by atoms with Gasteiger partial charge >= 0.3 is 0 Å². The van der Waals surface area contributed by atoms with Gasteiger partial charge in [0.1, 0.15) is 5.76 Å². The van der Waals surface area contributed by atoms with E-state index in [2.05, 4.69) is 21.2 Å². The molecule has 1 heterocycles. The highest BCUT2D eigenvalue weighted by molar-refractivity contribution is 7.80. The molecule has 1 amide bonds. The number of nitrogens with one attached hydrogen (secondary N) is 3. The van der Waals surface area contributed by atoms with Gasteiger partial charge in [-0.25, -0.2) is 0 Å². The monoisotopic (exact) mass is 418 g/mol. The maximum Gasteiger partial charge on any atom is 0.291 e. The Balaban J connectivity index is 1.51. The molecule has 2 aromatic carbocycles. The molecule has 3 N–H and O–H groups in total. The Labute approximate surface area is 180 Å². The molecule has 0 atom stereocenters. The van der Waals surface area contributed by atoms with Gasteiger partial charge in [-0.05, 0) is 56.2 Å². The number of para-hydroxylation sites is 2. The van der Waals surface area contributed by atoms with Gasteiger partial charge < -0.3 is 15.1 Å². The predicted octanol–water partition coefficient (Wildman–Crippen LogP) is 4.87.